The van der Waals surface area contributed by atoms with E-state index in [4.69, 9.17) is 0 Å². The summed E-state index contributed by atoms with van der Waals surface area (Å²) in [6, 6.07) is 18.7. The van der Waals surface area contributed by atoms with Crippen molar-refractivity contribution in [3.8, 4) is 0 Å². The fourth-order valence-corrected chi connectivity index (χ4v) is 4.33. The molecular formula is C23H22F2N2O3S. The first-order valence-electron chi connectivity index (χ1n) is 9.68. The van der Waals surface area contributed by atoms with Gasteiger partial charge in [0.15, 0.2) is 0 Å². The van der Waals surface area contributed by atoms with Crippen LogP contribution in [0.5, 0.6) is 0 Å². The summed E-state index contributed by atoms with van der Waals surface area (Å²) in [5.41, 5.74) is 1.57. The summed E-state index contributed by atoms with van der Waals surface area (Å²) in [4.78, 5) is 12.3. The summed E-state index contributed by atoms with van der Waals surface area (Å²) in [7, 11) is -4.26. The monoisotopic (exact) mass is 444 g/mol. The number of hydrogen-bond donors (Lipinski definition) is 2. The lowest BCUT2D eigenvalue weighted by Crippen LogP contribution is -2.48. The van der Waals surface area contributed by atoms with E-state index in [1.165, 1.54) is 24.3 Å². The van der Waals surface area contributed by atoms with Gasteiger partial charge in [-0.15, -0.1) is 0 Å². The molecule has 0 saturated heterocycles. The molecule has 1 atom stereocenters. The molecule has 2 N–H and O–H groups in total. The van der Waals surface area contributed by atoms with Gasteiger partial charge in [0.1, 0.15) is 22.6 Å². The zero-order chi connectivity index (χ0) is 22.3. The van der Waals surface area contributed by atoms with Crippen molar-refractivity contribution in [2.75, 3.05) is 6.54 Å². The Hall–Kier alpha value is -3.10. The molecule has 0 aliphatic rings. The number of nitrogens with one attached hydrogen (secondary N) is 2. The molecule has 3 aromatic rings. The maximum absolute atomic E-state index is 14.0. The second-order valence-electron chi connectivity index (χ2n) is 6.96. The second-order valence-corrected chi connectivity index (χ2v) is 8.64. The van der Waals surface area contributed by atoms with Gasteiger partial charge in [-0.3, -0.25) is 4.79 Å². The van der Waals surface area contributed by atoms with E-state index in [0.29, 0.717) is 6.42 Å². The Morgan fingerprint density at radius 1 is 0.839 bits per heavy atom. The van der Waals surface area contributed by atoms with Crippen LogP contribution in [0.25, 0.3) is 0 Å². The van der Waals surface area contributed by atoms with Gasteiger partial charge in [-0.1, -0.05) is 54.6 Å². The van der Waals surface area contributed by atoms with Crippen molar-refractivity contribution in [2.45, 2.75) is 23.8 Å². The fourth-order valence-electron chi connectivity index (χ4n) is 3.06. The van der Waals surface area contributed by atoms with Crippen molar-refractivity contribution in [1.29, 1.82) is 0 Å². The van der Waals surface area contributed by atoms with Crippen LogP contribution >= 0.6 is 0 Å². The SMILES string of the molecule is O=C(NCCc1ccc(F)cc1)C(Cc1ccccc1)NS(=O)(=O)c1ccccc1F. The van der Waals surface area contributed by atoms with Crippen LogP contribution in [0.2, 0.25) is 0 Å². The third-order valence-corrected chi connectivity index (χ3v) is 6.15. The summed E-state index contributed by atoms with van der Waals surface area (Å²) >= 11 is 0. The Labute approximate surface area is 180 Å². The van der Waals surface area contributed by atoms with Crippen LogP contribution in [-0.4, -0.2) is 26.9 Å². The molecule has 8 heteroatoms. The summed E-state index contributed by atoms with van der Waals surface area (Å²) in [6.45, 7) is 0.233. The van der Waals surface area contributed by atoms with Crippen molar-refractivity contribution in [2.24, 2.45) is 0 Å². The minimum atomic E-state index is -4.26. The van der Waals surface area contributed by atoms with Crippen molar-refractivity contribution in [3.63, 3.8) is 0 Å². The molecule has 1 amide bonds. The predicted molar refractivity (Wildman–Crippen MR) is 114 cm³/mol. The molecule has 0 heterocycles. The number of carbonyl (C=O) groups is 1. The Bertz CT molecular complexity index is 1120. The van der Waals surface area contributed by atoms with Gasteiger partial charge in [-0.05, 0) is 48.2 Å². The first-order chi connectivity index (χ1) is 14.8. The maximum Gasteiger partial charge on any atom is 0.244 e. The number of amides is 1. The average molecular weight is 445 g/mol. The van der Waals surface area contributed by atoms with Crippen LogP contribution in [0.4, 0.5) is 8.78 Å². The molecule has 0 radical (unpaired) electrons. The highest BCUT2D eigenvalue weighted by molar-refractivity contribution is 7.89. The van der Waals surface area contributed by atoms with Crippen LogP contribution in [0, 0.1) is 11.6 Å². The van der Waals surface area contributed by atoms with Gasteiger partial charge in [-0.25, -0.2) is 17.2 Å². The average Bonchev–Trinajstić information content (AvgIpc) is 2.75. The van der Waals surface area contributed by atoms with E-state index >= 15 is 0 Å². The zero-order valence-electron chi connectivity index (χ0n) is 16.6. The van der Waals surface area contributed by atoms with Gasteiger partial charge >= 0.3 is 0 Å². The van der Waals surface area contributed by atoms with E-state index in [2.05, 4.69) is 10.0 Å². The third-order valence-electron chi connectivity index (χ3n) is 4.65. The smallest absolute Gasteiger partial charge is 0.244 e. The Morgan fingerprint density at radius 3 is 2.16 bits per heavy atom. The molecule has 31 heavy (non-hydrogen) atoms. The van der Waals surface area contributed by atoms with Gasteiger partial charge in [-0.2, -0.15) is 4.72 Å². The number of benzene rings is 3. The molecule has 3 aromatic carbocycles. The summed E-state index contributed by atoms with van der Waals surface area (Å²) in [5.74, 6) is -1.78. The summed E-state index contributed by atoms with van der Waals surface area (Å²) in [5, 5.41) is 2.70. The maximum atomic E-state index is 14.0. The largest absolute Gasteiger partial charge is 0.354 e. The minimum Gasteiger partial charge on any atom is -0.354 e. The van der Waals surface area contributed by atoms with Gasteiger partial charge in [0.05, 0.1) is 0 Å². The predicted octanol–water partition coefficient (Wildman–Crippen LogP) is 3.21. The molecule has 162 valence electrons. The number of carbonyl (C=O) groups excluding carboxylic acids is 1. The lowest BCUT2D eigenvalue weighted by atomic mass is 10.1. The van der Waals surface area contributed by atoms with Crippen molar-refractivity contribution >= 4 is 15.9 Å². The molecule has 0 fully saturated rings. The molecule has 0 aliphatic carbocycles. The Balaban J connectivity index is 1.73. The van der Waals surface area contributed by atoms with E-state index in [1.54, 1.807) is 36.4 Å². The van der Waals surface area contributed by atoms with E-state index in [0.717, 1.165) is 23.3 Å². The molecule has 3 rings (SSSR count). The highest BCUT2D eigenvalue weighted by atomic mass is 32.2. The van der Waals surface area contributed by atoms with Crippen LogP contribution in [0.1, 0.15) is 11.1 Å². The van der Waals surface area contributed by atoms with E-state index < -0.39 is 32.7 Å². The van der Waals surface area contributed by atoms with Crippen molar-refractivity contribution < 1.29 is 22.0 Å². The molecule has 0 spiro atoms. The lowest BCUT2D eigenvalue weighted by Gasteiger charge is -2.19. The number of sulfonamides is 1. The van der Waals surface area contributed by atoms with Gasteiger partial charge in [0, 0.05) is 6.54 Å². The van der Waals surface area contributed by atoms with Crippen molar-refractivity contribution in [3.05, 3.63) is 102 Å². The third kappa shape index (κ3) is 6.44. The topological polar surface area (TPSA) is 75.3 Å². The number of hydrogen-bond acceptors (Lipinski definition) is 3. The summed E-state index contributed by atoms with van der Waals surface area (Å²) < 4.78 is 54.8. The minimum absolute atomic E-state index is 0.0942. The highest BCUT2D eigenvalue weighted by Gasteiger charge is 2.27. The van der Waals surface area contributed by atoms with Crippen LogP contribution in [0.3, 0.4) is 0 Å². The van der Waals surface area contributed by atoms with Gasteiger partial charge in [0.2, 0.25) is 15.9 Å². The molecule has 5 nitrogen and oxygen atoms in total. The number of halogens is 2. The Morgan fingerprint density at radius 2 is 1.48 bits per heavy atom. The van der Waals surface area contributed by atoms with Crippen LogP contribution < -0.4 is 10.0 Å². The van der Waals surface area contributed by atoms with E-state index in [9.17, 15) is 22.0 Å². The molecular weight excluding hydrogens is 422 g/mol. The van der Waals surface area contributed by atoms with E-state index in [1.807, 2.05) is 6.07 Å². The second kappa shape index (κ2) is 10.3. The molecule has 1 unspecified atom stereocenters. The quantitative estimate of drug-likeness (QED) is 0.532. The normalized spacial score (nSPS) is 12.3. The fraction of sp³-hybridized carbons (Fsp3) is 0.174. The molecule has 0 aliphatic heterocycles. The van der Waals surface area contributed by atoms with Gasteiger partial charge in [0.25, 0.3) is 0 Å². The van der Waals surface area contributed by atoms with Crippen molar-refractivity contribution in [1.82, 2.24) is 10.0 Å². The first-order valence-corrected chi connectivity index (χ1v) is 11.2. The standard InChI is InChI=1S/C23H22F2N2O3S/c24-19-12-10-17(11-13-19)14-15-26-23(28)21(16-18-6-2-1-3-7-18)27-31(29,30)22-9-5-4-8-20(22)25/h1-13,21,27H,14-16H2,(H,26,28). The van der Waals surface area contributed by atoms with Gasteiger partial charge < -0.3 is 5.32 Å². The lowest BCUT2D eigenvalue weighted by molar-refractivity contribution is -0.122. The molecule has 0 bridgehead atoms. The van der Waals surface area contributed by atoms with Crippen LogP contribution in [-0.2, 0) is 27.7 Å². The number of rotatable bonds is 9. The Kier molecular flexibility index (Phi) is 7.49. The summed E-state index contributed by atoms with van der Waals surface area (Å²) in [6.07, 6.45) is 0.543. The van der Waals surface area contributed by atoms with Crippen LogP contribution in [0.15, 0.2) is 83.8 Å². The molecule has 0 aromatic heterocycles. The van der Waals surface area contributed by atoms with E-state index in [-0.39, 0.29) is 18.8 Å². The highest BCUT2D eigenvalue weighted by Crippen LogP contribution is 2.15. The zero-order valence-corrected chi connectivity index (χ0v) is 17.4. The first kappa shape index (κ1) is 22.6. The molecule has 0 saturated carbocycles.